The van der Waals surface area contributed by atoms with E-state index in [4.69, 9.17) is 0 Å². The summed E-state index contributed by atoms with van der Waals surface area (Å²) in [6, 6.07) is 4.10. The largest absolute Gasteiger partial charge is 0.469 e. The van der Waals surface area contributed by atoms with E-state index in [0.29, 0.717) is 11.3 Å². The van der Waals surface area contributed by atoms with Gasteiger partial charge in [-0.2, -0.15) is 0 Å². The van der Waals surface area contributed by atoms with Crippen LogP contribution in [0.2, 0.25) is 0 Å². The van der Waals surface area contributed by atoms with Crippen molar-refractivity contribution in [2.24, 2.45) is 0 Å². The highest BCUT2D eigenvalue weighted by Crippen LogP contribution is 2.28. The molecule has 5 heteroatoms. The van der Waals surface area contributed by atoms with Crippen molar-refractivity contribution in [3.8, 4) is 0 Å². The number of aliphatic hydroxyl groups excluding tert-OH is 1. The molecule has 0 heterocycles. The average molecular weight is 241 g/mol. The predicted octanol–water partition coefficient (Wildman–Crippen LogP) is 1.49. The van der Waals surface area contributed by atoms with Gasteiger partial charge in [0, 0.05) is 25.3 Å². The Morgan fingerprint density at radius 3 is 2.71 bits per heavy atom. The number of benzene rings is 1. The van der Waals surface area contributed by atoms with Crippen LogP contribution in [0.4, 0.5) is 10.1 Å². The number of halogens is 1. The summed E-state index contributed by atoms with van der Waals surface area (Å²) >= 11 is 0. The number of hydrogen-bond acceptors (Lipinski definition) is 4. The van der Waals surface area contributed by atoms with Crippen LogP contribution >= 0.6 is 0 Å². The molecule has 94 valence electrons. The van der Waals surface area contributed by atoms with E-state index < -0.39 is 17.9 Å². The Bertz CT molecular complexity index is 407. The normalized spacial score (nSPS) is 12.1. The van der Waals surface area contributed by atoms with Gasteiger partial charge in [0.15, 0.2) is 0 Å². The highest BCUT2D eigenvalue weighted by atomic mass is 19.1. The number of carbonyl (C=O) groups is 1. The van der Waals surface area contributed by atoms with Crippen LogP contribution in [0.3, 0.4) is 0 Å². The van der Waals surface area contributed by atoms with Crippen LogP contribution in [-0.4, -0.2) is 32.3 Å². The Hall–Kier alpha value is -1.62. The van der Waals surface area contributed by atoms with Gasteiger partial charge in [-0.3, -0.25) is 4.79 Å². The van der Waals surface area contributed by atoms with E-state index in [1.54, 1.807) is 25.1 Å². The molecule has 1 atom stereocenters. The van der Waals surface area contributed by atoms with Gasteiger partial charge in [0.25, 0.3) is 0 Å². The van der Waals surface area contributed by atoms with Crippen LogP contribution in [0.25, 0.3) is 0 Å². The van der Waals surface area contributed by atoms with Crippen LogP contribution in [0.1, 0.15) is 18.1 Å². The van der Waals surface area contributed by atoms with E-state index >= 15 is 0 Å². The standard InChI is InChI=1S/C12H16FNO3/c1-14(2)10-5-4-8(13)6-9(10)11(15)7-12(16)17-3/h4-6,11,15H,7H2,1-3H3. The zero-order chi connectivity index (χ0) is 13.0. The van der Waals surface area contributed by atoms with E-state index in [-0.39, 0.29) is 6.42 Å². The molecule has 4 nitrogen and oxygen atoms in total. The molecule has 0 aliphatic rings. The second-order valence-electron chi connectivity index (χ2n) is 3.89. The lowest BCUT2D eigenvalue weighted by atomic mass is 10.0. The lowest BCUT2D eigenvalue weighted by Crippen LogP contribution is -2.15. The predicted molar refractivity (Wildman–Crippen MR) is 62.3 cm³/mol. The van der Waals surface area contributed by atoms with Gasteiger partial charge in [0.2, 0.25) is 0 Å². The number of rotatable bonds is 4. The molecule has 1 unspecified atom stereocenters. The summed E-state index contributed by atoms with van der Waals surface area (Å²) in [5, 5.41) is 9.88. The number of aliphatic hydroxyl groups is 1. The molecule has 0 amide bonds. The van der Waals surface area contributed by atoms with Crippen molar-refractivity contribution >= 4 is 11.7 Å². The third-order valence-corrected chi connectivity index (χ3v) is 2.42. The molecule has 0 spiro atoms. The first kappa shape index (κ1) is 13.4. The van der Waals surface area contributed by atoms with Crippen LogP contribution in [0.5, 0.6) is 0 Å². The highest BCUT2D eigenvalue weighted by Gasteiger charge is 2.18. The van der Waals surface area contributed by atoms with E-state index in [0.717, 1.165) is 0 Å². The maximum Gasteiger partial charge on any atom is 0.308 e. The first-order valence-electron chi connectivity index (χ1n) is 5.17. The SMILES string of the molecule is COC(=O)CC(O)c1cc(F)ccc1N(C)C. The molecule has 0 saturated carbocycles. The summed E-state index contributed by atoms with van der Waals surface area (Å²) in [5.41, 5.74) is 1.04. The lowest BCUT2D eigenvalue weighted by molar-refractivity contribution is -0.142. The molecular formula is C12H16FNO3. The topological polar surface area (TPSA) is 49.8 Å². The maximum absolute atomic E-state index is 13.1. The Morgan fingerprint density at radius 1 is 1.53 bits per heavy atom. The molecular weight excluding hydrogens is 225 g/mol. The number of ether oxygens (including phenoxy) is 1. The van der Waals surface area contributed by atoms with Gasteiger partial charge >= 0.3 is 5.97 Å². The Morgan fingerprint density at radius 2 is 2.18 bits per heavy atom. The summed E-state index contributed by atoms with van der Waals surface area (Å²) in [4.78, 5) is 12.8. The fraction of sp³-hybridized carbons (Fsp3) is 0.417. The van der Waals surface area contributed by atoms with Crippen molar-refractivity contribution < 1.29 is 19.0 Å². The summed E-state index contributed by atoms with van der Waals surface area (Å²) in [7, 11) is 4.80. The molecule has 1 N–H and O–H groups in total. The van der Waals surface area contributed by atoms with Gasteiger partial charge in [-0.1, -0.05) is 0 Å². The van der Waals surface area contributed by atoms with E-state index in [1.807, 2.05) is 0 Å². The van der Waals surface area contributed by atoms with Crippen LogP contribution in [0.15, 0.2) is 18.2 Å². The second-order valence-corrected chi connectivity index (χ2v) is 3.89. The molecule has 0 aliphatic carbocycles. The smallest absolute Gasteiger partial charge is 0.308 e. The van der Waals surface area contributed by atoms with E-state index in [2.05, 4.69) is 4.74 Å². The third-order valence-electron chi connectivity index (χ3n) is 2.42. The molecule has 1 aromatic carbocycles. The minimum absolute atomic E-state index is 0.194. The quantitative estimate of drug-likeness (QED) is 0.811. The van der Waals surface area contributed by atoms with Crippen molar-refractivity contribution in [1.29, 1.82) is 0 Å². The minimum atomic E-state index is -1.07. The number of esters is 1. The summed E-state index contributed by atoms with van der Waals surface area (Å²) in [6.07, 6.45) is -1.27. The Balaban J connectivity index is 3.01. The molecule has 1 rings (SSSR count). The van der Waals surface area contributed by atoms with Gasteiger partial charge in [-0.05, 0) is 18.2 Å². The maximum atomic E-state index is 13.1. The zero-order valence-corrected chi connectivity index (χ0v) is 10.1. The van der Waals surface area contributed by atoms with Crippen molar-refractivity contribution in [3.05, 3.63) is 29.6 Å². The molecule has 1 aromatic rings. The van der Waals surface area contributed by atoms with Gasteiger partial charge in [0.05, 0.1) is 19.6 Å². The monoisotopic (exact) mass is 241 g/mol. The fourth-order valence-corrected chi connectivity index (χ4v) is 1.55. The van der Waals surface area contributed by atoms with Crippen molar-refractivity contribution in [2.75, 3.05) is 26.1 Å². The second kappa shape index (κ2) is 5.63. The number of nitrogens with zero attached hydrogens (tertiary/aromatic N) is 1. The van der Waals surface area contributed by atoms with Gasteiger partial charge in [-0.15, -0.1) is 0 Å². The molecule has 0 fully saturated rings. The molecule has 0 radical (unpaired) electrons. The van der Waals surface area contributed by atoms with E-state index in [1.165, 1.54) is 19.2 Å². The molecule has 0 bridgehead atoms. The molecule has 0 aromatic heterocycles. The lowest BCUT2D eigenvalue weighted by Gasteiger charge is -2.20. The van der Waals surface area contributed by atoms with Crippen molar-refractivity contribution in [3.63, 3.8) is 0 Å². The summed E-state index contributed by atoms with van der Waals surface area (Å²) < 4.78 is 17.6. The number of methoxy groups -OCH3 is 1. The van der Waals surface area contributed by atoms with Crippen LogP contribution in [-0.2, 0) is 9.53 Å². The minimum Gasteiger partial charge on any atom is -0.469 e. The summed E-state index contributed by atoms with van der Waals surface area (Å²) in [5.74, 6) is -0.985. The van der Waals surface area contributed by atoms with Crippen LogP contribution < -0.4 is 4.90 Å². The fourth-order valence-electron chi connectivity index (χ4n) is 1.55. The van der Waals surface area contributed by atoms with Crippen LogP contribution in [0, 0.1) is 5.82 Å². The van der Waals surface area contributed by atoms with E-state index in [9.17, 15) is 14.3 Å². The first-order valence-corrected chi connectivity index (χ1v) is 5.17. The van der Waals surface area contributed by atoms with Crippen molar-refractivity contribution in [1.82, 2.24) is 0 Å². The molecule has 17 heavy (non-hydrogen) atoms. The number of anilines is 1. The number of carbonyl (C=O) groups excluding carboxylic acids is 1. The van der Waals surface area contributed by atoms with Gasteiger partial charge in [0.1, 0.15) is 5.82 Å². The number of hydrogen-bond donors (Lipinski definition) is 1. The third kappa shape index (κ3) is 3.42. The summed E-state index contributed by atoms with van der Waals surface area (Å²) in [6.45, 7) is 0. The van der Waals surface area contributed by atoms with Crippen molar-refractivity contribution in [2.45, 2.75) is 12.5 Å². The Labute approximate surface area is 99.6 Å². The Kier molecular flexibility index (Phi) is 4.45. The highest BCUT2D eigenvalue weighted by molar-refractivity contribution is 5.70. The molecule has 0 aliphatic heterocycles. The molecule has 0 saturated heterocycles. The average Bonchev–Trinajstić information content (AvgIpc) is 2.28. The zero-order valence-electron chi connectivity index (χ0n) is 10.1. The van der Waals surface area contributed by atoms with Gasteiger partial charge < -0.3 is 14.7 Å². The van der Waals surface area contributed by atoms with Gasteiger partial charge in [-0.25, -0.2) is 4.39 Å². The first-order chi connectivity index (χ1) is 7.95.